The SMILES string of the molecule is Fc1cc(Br)c2ncc(Cl)c(Cl)c2c1. The van der Waals surface area contributed by atoms with Crippen molar-refractivity contribution in [3.63, 3.8) is 0 Å². The smallest absolute Gasteiger partial charge is 0.125 e. The van der Waals surface area contributed by atoms with Crippen molar-refractivity contribution < 1.29 is 4.39 Å². The van der Waals surface area contributed by atoms with Gasteiger partial charge in [-0.15, -0.1) is 0 Å². The van der Waals surface area contributed by atoms with Crippen molar-refractivity contribution >= 4 is 50.0 Å². The van der Waals surface area contributed by atoms with Crippen molar-refractivity contribution in [3.8, 4) is 0 Å². The lowest BCUT2D eigenvalue weighted by atomic mass is 10.2. The van der Waals surface area contributed by atoms with E-state index in [4.69, 9.17) is 23.2 Å². The van der Waals surface area contributed by atoms with E-state index in [1.807, 2.05) is 0 Å². The van der Waals surface area contributed by atoms with Gasteiger partial charge in [-0.3, -0.25) is 4.98 Å². The molecule has 0 fully saturated rings. The summed E-state index contributed by atoms with van der Waals surface area (Å²) in [5.41, 5.74) is 0.598. The third-order valence-corrected chi connectivity index (χ3v) is 3.18. The molecule has 1 nitrogen and oxygen atoms in total. The highest BCUT2D eigenvalue weighted by Gasteiger charge is 2.09. The normalized spacial score (nSPS) is 10.9. The van der Waals surface area contributed by atoms with Gasteiger partial charge >= 0.3 is 0 Å². The molecule has 72 valence electrons. The lowest BCUT2D eigenvalue weighted by molar-refractivity contribution is 0.629. The van der Waals surface area contributed by atoms with E-state index in [0.29, 0.717) is 25.4 Å². The molecule has 1 aromatic carbocycles. The molecule has 0 aliphatic rings. The maximum absolute atomic E-state index is 13.0. The van der Waals surface area contributed by atoms with E-state index in [9.17, 15) is 4.39 Å². The molecule has 0 aliphatic carbocycles. The fraction of sp³-hybridized carbons (Fsp3) is 0. The van der Waals surface area contributed by atoms with Crippen LogP contribution in [-0.4, -0.2) is 4.98 Å². The zero-order valence-corrected chi connectivity index (χ0v) is 9.79. The lowest BCUT2D eigenvalue weighted by Crippen LogP contribution is -1.85. The summed E-state index contributed by atoms with van der Waals surface area (Å²) in [6, 6.07) is 2.64. The van der Waals surface area contributed by atoms with Crippen LogP contribution in [0.1, 0.15) is 0 Å². The molecular weight excluding hydrogens is 292 g/mol. The summed E-state index contributed by atoms with van der Waals surface area (Å²) in [6.45, 7) is 0. The van der Waals surface area contributed by atoms with E-state index in [0.717, 1.165) is 0 Å². The summed E-state index contributed by atoms with van der Waals surface area (Å²) in [7, 11) is 0. The van der Waals surface area contributed by atoms with Crippen molar-refractivity contribution in [2.45, 2.75) is 0 Å². The minimum Gasteiger partial charge on any atom is -0.253 e. The molecule has 14 heavy (non-hydrogen) atoms. The highest BCUT2D eigenvalue weighted by atomic mass is 79.9. The van der Waals surface area contributed by atoms with Gasteiger partial charge in [0, 0.05) is 16.1 Å². The molecular formula is C9H3BrCl2FN. The third kappa shape index (κ3) is 1.60. The lowest BCUT2D eigenvalue weighted by Gasteiger charge is -2.03. The number of nitrogens with zero attached hydrogens (tertiary/aromatic N) is 1. The predicted molar refractivity (Wildman–Crippen MR) is 59.4 cm³/mol. The van der Waals surface area contributed by atoms with Crippen molar-refractivity contribution in [2.24, 2.45) is 0 Å². The Morgan fingerprint density at radius 3 is 2.71 bits per heavy atom. The first-order chi connectivity index (χ1) is 6.59. The van der Waals surface area contributed by atoms with Gasteiger partial charge in [-0.1, -0.05) is 23.2 Å². The van der Waals surface area contributed by atoms with Crippen molar-refractivity contribution in [3.05, 3.63) is 38.7 Å². The van der Waals surface area contributed by atoms with Gasteiger partial charge in [0.1, 0.15) is 5.82 Å². The van der Waals surface area contributed by atoms with E-state index in [1.165, 1.54) is 18.3 Å². The van der Waals surface area contributed by atoms with Gasteiger partial charge in [-0.05, 0) is 28.1 Å². The van der Waals surface area contributed by atoms with Crippen LogP contribution in [0.15, 0.2) is 22.8 Å². The highest BCUT2D eigenvalue weighted by molar-refractivity contribution is 9.10. The van der Waals surface area contributed by atoms with Gasteiger partial charge in [0.05, 0.1) is 15.6 Å². The average Bonchev–Trinajstić information content (AvgIpc) is 2.12. The predicted octanol–water partition coefficient (Wildman–Crippen LogP) is 4.44. The molecule has 0 unspecified atom stereocenters. The zero-order valence-electron chi connectivity index (χ0n) is 6.69. The molecule has 0 amide bonds. The molecule has 0 bridgehead atoms. The van der Waals surface area contributed by atoms with Crippen LogP contribution in [0.5, 0.6) is 0 Å². The Morgan fingerprint density at radius 1 is 1.29 bits per heavy atom. The topological polar surface area (TPSA) is 12.9 Å². The Balaban J connectivity index is 2.95. The van der Waals surface area contributed by atoms with E-state index >= 15 is 0 Å². The van der Waals surface area contributed by atoms with Crippen LogP contribution >= 0.6 is 39.1 Å². The summed E-state index contributed by atoms with van der Waals surface area (Å²) in [6.07, 6.45) is 1.44. The molecule has 0 N–H and O–H groups in total. The molecule has 2 rings (SSSR count). The second kappa shape index (κ2) is 3.65. The van der Waals surface area contributed by atoms with Gasteiger partial charge in [-0.2, -0.15) is 0 Å². The Morgan fingerprint density at radius 2 is 2.00 bits per heavy atom. The van der Waals surface area contributed by atoms with Crippen molar-refractivity contribution in [1.29, 1.82) is 0 Å². The molecule has 0 spiro atoms. The average molecular weight is 295 g/mol. The fourth-order valence-corrected chi connectivity index (χ4v) is 2.05. The first-order valence-corrected chi connectivity index (χ1v) is 5.23. The van der Waals surface area contributed by atoms with Crippen molar-refractivity contribution in [2.75, 3.05) is 0 Å². The maximum Gasteiger partial charge on any atom is 0.125 e. The first kappa shape index (κ1) is 10.1. The van der Waals surface area contributed by atoms with Gasteiger partial charge in [0.15, 0.2) is 0 Å². The number of pyridine rings is 1. The molecule has 5 heteroatoms. The number of hydrogen-bond acceptors (Lipinski definition) is 1. The largest absolute Gasteiger partial charge is 0.253 e. The second-order valence-electron chi connectivity index (χ2n) is 2.70. The summed E-state index contributed by atoms with van der Waals surface area (Å²) in [4.78, 5) is 4.05. The second-order valence-corrected chi connectivity index (χ2v) is 4.34. The molecule has 0 atom stereocenters. The first-order valence-electron chi connectivity index (χ1n) is 3.68. The number of hydrogen-bond donors (Lipinski definition) is 0. The van der Waals surface area contributed by atoms with E-state index < -0.39 is 0 Å². The minimum absolute atomic E-state index is 0.316. The van der Waals surface area contributed by atoms with Gasteiger partial charge in [-0.25, -0.2) is 4.39 Å². The van der Waals surface area contributed by atoms with Crippen LogP contribution in [0.3, 0.4) is 0 Å². The molecule has 0 radical (unpaired) electrons. The summed E-state index contributed by atoms with van der Waals surface area (Å²) < 4.78 is 13.6. The molecule has 0 saturated carbocycles. The Kier molecular flexibility index (Phi) is 2.64. The zero-order chi connectivity index (χ0) is 10.3. The van der Waals surface area contributed by atoms with Crippen LogP contribution in [0, 0.1) is 5.82 Å². The molecule has 1 heterocycles. The summed E-state index contributed by atoms with van der Waals surface area (Å²) in [5.74, 6) is -0.379. The number of benzene rings is 1. The molecule has 0 aliphatic heterocycles. The van der Waals surface area contributed by atoms with Crippen LogP contribution < -0.4 is 0 Å². The monoisotopic (exact) mass is 293 g/mol. The van der Waals surface area contributed by atoms with E-state index in [1.54, 1.807) is 0 Å². The molecule has 2 aromatic rings. The van der Waals surface area contributed by atoms with Crippen LogP contribution in [0.25, 0.3) is 10.9 Å². The number of rotatable bonds is 0. The summed E-state index contributed by atoms with van der Waals surface area (Å²) >= 11 is 14.9. The standard InChI is InChI=1S/C9H3BrCl2FN/c10-6-2-4(13)1-5-8(12)7(11)3-14-9(5)6/h1-3H. The van der Waals surface area contributed by atoms with Gasteiger partial charge < -0.3 is 0 Å². The fourth-order valence-electron chi connectivity index (χ4n) is 1.17. The number of halogens is 4. The summed E-state index contributed by atoms with van der Waals surface area (Å²) in [5, 5.41) is 1.14. The quantitative estimate of drug-likeness (QED) is 0.700. The van der Waals surface area contributed by atoms with Crippen LogP contribution in [0.4, 0.5) is 4.39 Å². The Labute approximate surface area is 98.0 Å². The Bertz CT molecular complexity index is 516. The van der Waals surface area contributed by atoms with Crippen LogP contribution in [-0.2, 0) is 0 Å². The number of aromatic nitrogens is 1. The van der Waals surface area contributed by atoms with Crippen molar-refractivity contribution in [1.82, 2.24) is 4.98 Å². The number of fused-ring (bicyclic) bond motifs is 1. The minimum atomic E-state index is -0.379. The Hall–Kier alpha value is -0.380. The molecule has 1 aromatic heterocycles. The van der Waals surface area contributed by atoms with Gasteiger partial charge in [0.25, 0.3) is 0 Å². The van der Waals surface area contributed by atoms with E-state index in [2.05, 4.69) is 20.9 Å². The van der Waals surface area contributed by atoms with E-state index in [-0.39, 0.29) is 5.82 Å². The maximum atomic E-state index is 13.0. The highest BCUT2D eigenvalue weighted by Crippen LogP contribution is 2.33. The molecule has 0 saturated heterocycles. The van der Waals surface area contributed by atoms with Crippen LogP contribution in [0.2, 0.25) is 10.0 Å². The third-order valence-electron chi connectivity index (χ3n) is 1.78. The van der Waals surface area contributed by atoms with Gasteiger partial charge in [0.2, 0.25) is 0 Å².